The first-order chi connectivity index (χ1) is 9.77. The summed E-state index contributed by atoms with van der Waals surface area (Å²) < 4.78 is 51.0. The zero-order valence-electron chi connectivity index (χ0n) is 11.3. The number of halogens is 4. The van der Waals surface area contributed by atoms with Crippen LogP contribution in [0.5, 0.6) is 0 Å². The van der Waals surface area contributed by atoms with Crippen molar-refractivity contribution in [2.75, 3.05) is 0 Å². The van der Waals surface area contributed by atoms with Crippen LogP contribution < -0.4 is 0 Å². The van der Waals surface area contributed by atoms with Crippen LogP contribution in [0.15, 0.2) is 48.5 Å². The predicted molar refractivity (Wildman–Crippen MR) is 71.1 cm³/mol. The van der Waals surface area contributed by atoms with E-state index in [1.807, 2.05) is 0 Å². The standard InChI is InChI=1S/C16H14F4O/c1-2-15(21,13-4-3-5-14(17)10-13)11-6-8-12(9-7-11)16(18,19)20/h3-10,21H,2H2,1H3. The van der Waals surface area contributed by atoms with Crippen LogP contribution >= 0.6 is 0 Å². The average Bonchev–Trinajstić information content (AvgIpc) is 2.45. The quantitative estimate of drug-likeness (QED) is 0.828. The fraction of sp³-hybridized carbons (Fsp3) is 0.250. The summed E-state index contributed by atoms with van der Waals surface area (Å²) >= 11 is 0. The van der Waals surface area contributed by atoms with Crippen molar-refractivity contribution in [3.63, 3.8) is 0 Å². The maximum atomic E-state index is 13.3. The molecule has 0 aliphatic rings. The molecule has 0 aromatic heterocycles. The minimum absolute atomic E-state index is 0.210. The van der Waals surface area contributed by atoms with Crippen molar-refractivity contribution < 1.29 is 22.7 Å². The molecule has 2 aromatic rings. The number of alkyl halides is 3. The van der Waals surface area contributed by atoms with Gasteiger partial charge in [-0.1, -0.05) is 31.2 Å². The van der Waals surface area contributed by atoms with Gasteiger partial charge in [-0.25, -0.2) is 4.39 Å². The SMILES string of the molecule is CCC(O)(c1ccc(C(F)(F)F)cc1)c1cccc(F)c1. The Morgan fingerprint density at radius 1 is 0.905 bits per heavy atom. The summed E-state index contributed by atoms with van der Waals surface area (Å²) in [4.78, 5) is 0. The van der Waals surface area contributed by atoms with Gasteiger partial charge in [0.25, 0.3) is 0 Å². The Balaban J connectivity index is 2.46. The molecule has 1 atom stereocenters. The molecule has 1 nitrogen and oxygen atoms in total. The number of hydrogen-bond donors (Lipinski definition) is 1. The maximum absolute atomic E-state index is 13.3. The Hall–Kier alpha value is -1.88. The molecule has 0 heterocycles. The van der Waals surface area contributed by atoms with Crippen LogP contribution in [0, 0.1) is 5.82 Å². The molecule has 0 amide bonds. The fourth-order valence-electron chi connectivity index (χ4n) is 2.26. The molecule has 0 bridgehead atoms. The maximum Gasteiger partial charge on any atom is 0.416 e. The van der Waals surface area contributed by atoms with E-state index in [4.69, 9.17) is 0 Å². The molecule has 1 unspecified atom stereocenters. The van der Waals surface area contributed by atoms with Crippen molar-refractivity contribution in [1.82, 2.24) is 0 Å². The Morgan fingerprint density at radius 3 is 1.95 bits per heavy atom. The molecule has 0 saturated carbocycles. The topological polar surface area (TPSA) is 20.2 Å². The molecule has 2 rings (SSSR count). The van der Waals surface area contributed by atoms with Gasteiger partial charge in [-0.2, -0.15) is 13.2 Å². The van der Waals surface area contributed by atoms with E-state index in [-0.39, 0.29) is 6.42 Å². The van der Waals surface area contributed by atoms with Gasteiger partial charge in [0.15, 0.2) is 0 Å². The van der Waals surface area contributed by atoms with E-state index in [2.05, 4.69) is 0 Å². The molecule has 1 N–H and O–H groups in total. The number of benzene rings is 2. The molecule has 0 fully saturated rings. The van der Waals surface area contributed by atoms with Gasteiger partial charge in [0.1, 0.15) is 11.4 Å². The van der Waals surface area contributed by atoms with Gasteiger partial charge < -0.3 is 5.11 Å². The van der Waals surface area contributed by atoms with Crippen LogP contribution in [0.2, 0.25) is 0 Å². The van der Waals surface area contributed by atoms with E-state index in [0.717, 1.165) is 12.1 Å². The molecule has 0 aliphatic heterocycles. The molecule has 21 heavy (non-hydrogen) atoms. The highest BCUT2D eigenvalue weighted by Gasteiger charge is 2.33. The van der Waals surface area contributed by atoms with Crippen molar-refractivity contribution in [3.05, 3.63) is 71.0 Å². The average molecular weight is 298 g/mol. The second-order valence-corrected chi connectivity index (χ2v) is 4.80. The zero-order valence-corrected chi connectivity index (χ0v) is 11.3. The van der Waals surface area contributed by atoms with Crippen molar-refractivity contribution >= 4 is 0 Å². The van der Waals surface area contributed by atoms with Gasteiger partial charge in [-0.15, -0.1) is 0 Å². The highest BCUT2D eigenvalue weighted by molar-refractivity contribution is 5.37. The molecule has 0 saturated heterocycles. The van der Waals surface area contributed by atoms with Gasteiger partial charge in [0.2, 0.25) is 0 Å². The van der Waals surface area contributed by atoms with Crippen LogP contribution in [0.4, 0.5) is 17.6 Å². The monoisotopic (exact) mass is 298 g/mol. The lowest BCUT2D eigenvalue weighted by molar-refractivity contribution is -0.137. The molecule has 0 radical (unpaired) electrons. The van der Waals surface area contributed by atoms with Crippen molar-refractivity contribution in [2.45, 2.75) is 25.1 Å². The highest BCUT2D eigenvalue weighted by atomic mass is 19.4. The summed E-state index contributed by atoms with van der Waals surface area (Å²) in [6, 6.07) is 9.69. The van der Waals surface area contributed by atoms with E-state index < -0.39 is 23.2 Å². The first-order valence-electron chi connectivity index (χ1n) is 6.43. The second-order valence-electron chi connectivity index (χ2n) is 4.80. The fourth-order valence-corrected chi connectivity index (χ4v) is 2.26. The Kier molecular flexibility index (Phi) is 4.05. The van der Waals surface area contributed by atoms with E-state index in [1.165, 1.54) is 30.3 Å². The number of rotatable bonds is 3. The first-order valence-corrected chi connectivity index (χ1v) is 6.43. The van der Waals surface area contributed by atoms with Crippen molar-refractivity contribution in [1.29, 1.82) is 0 Å². The van der Waals surface area contributed by atoms with Gasteiger partial charge in [0.05, 0.1) is 5.56 Å². The molecule has 0 spiro atoms. The molecular formula is C16H14F4O. The summed E-state index contributed by atoms with van der Waals surface area (Å²) in [6.07, 6.45) is -4.22. The smallest absolute Gasteiger partial charge is 0.380 e. The normalized spacial score (nSPS) is 14.8. The Labute approximate surface area is 119 Å². The largest absolute Gasteiger partial charge is 0.416 e. The molecular weight excluding hydrogens is 284 g/mol. The van der Waals surface area contributed by atoms with Crippen molar-refractivity contribution in [3.8, 4) is 0 Å². The first kappa shape index (κ1) is 15.5. The summed E-state index contributed by atoms with van der Waals surface area (Å²) in [5, 5.41) is 10.7. The van der Waals surface area contributed by atoms with Gasteiger partial charge in [-0.05, 0) is 41.8 Å². The molecule has 5 heteroatoms. The minimum Gasteiger partial charge on any atom is -0.380 e. The third-order valence-electron chi connectivity index (χ3n) is 3.50. The third-order valence-corrected chi connectivity index (χ3v) is 3.50. The highest BCUT2D eigenvalue weighted by Crippen LogP contribution is 2.35. The predicted octanol–water partition coefficient (Wildman–Crippen LogP) is 4.49. The van der Waals surface area contributed by atoms with E-state index in [1.54, 1.807) is 13.0 Å². The van der Waals surface area contributed by atoms with Crippen LogP contribution in [0.1, 0.15) is 30.0 Å². The van der Waals surface area contributed by atoms with Crippen molar-refractivity contribution in [2.24, 2.45) is 0 Å². The lowest BCUT2D eigenvalue weighted by atomic mass is 9.84. The Bertz CT molecular complexity index is 619. The lowest BCUT2D eigenvalue weighted by Crippen LogP contribution is -2.26. The molecule has 112 valence electrons. The summed E-state index contributed by atoms with van der Waals surface area (Å²) in [7, 11) is 0. The zero-order chi connectivity index (χ0) is 15.7. The second kappa shape index (κ2) is 5.48. The van der Waals surface area contributed by atoms with Gasteiger partial charge >= 0.3 is 6.18 Å². The van der Waals surface area contributed by atoms with E-state index >= 15 is 0 Å². The minimum atomic E-state index is -4.43. The number of hydrogen-bond acceptors (Lipinski definition) is 1. The van der Waals surface area contributed by atoms with Gasteiger partial charge in [-0.3, -0.25) is 0 Å². The van der Waals surface area contributed by atoms with Crippen LogP contribution in [0.3, 0.4) is 0 Å². The van der Waals surface area contributed by atoms with Crippen LogP contribution in [-0.2, 0) is 11.8 Å². The van der Waals surface area contributed by atoms with Crippen LogP contribution in [-0.4, -0.2) is 5.11 Å². The van der Waals surface area contributed by atoms with E-state index in [9.17, 15) is 22.7 Å². The Morgan fingerprint density at radius 2 is 1.48 bits per heavy atom. The summed E-state index contributed by atoms with van der Waals surface area (Å²) in [6.45, 7) is 1.68. The van der Waals surface area contributed by atoms with Gasteiger partial charge in [0, 0.05) is 0 Å². The third kappa shape index (κ3) is 3.08. The lowest BCUT2D eigenvalue weighted by Gasteiger charge is -2.28. The summed E-state index contributed by atoms with van der Waals surface area (Å²) in [5.41, 5.74) is -1.70. The molecule has 0 aliphatic carbocycles. The number of aliphatic hydroxyl groups is 1. The van der Waals surface area contributed by atoms with Crippen LogP contribution in [0.25, 0.3) is 0 Å². The van der Waals surface area contributed by atoms with E-state index in [0.29, 0.717) is 11.1 Å². The molecule has 2 aromatic carbocycles. The summed E-state index contributed by atoms with van der Waals surface area (Å²) in [5.74, 6) is -0.508.